The Labute approximate surface area is 105 Å². The van der Waals surface area contributed by atoms with Crippen LogP contribution in [0.25, 0.3) is 11.1 Å². The van der Waals surface area contributed by atoms with Crippen molar-refractivity contribution in [2.75, 3.05) is 24.9 Å². The van der Waals surface area contributed by atoms with Crippen molar-refractivity contribution >= 4 is 28.7 Å². The SMILES string of the molecule is COCC(CCCl)Nc1nc2ccccc2o1. The quantitative estimate of drug-likeness (QED) is 0.806. The number of alkyl halides is 1. The number of benzene rings is 1. The number of hydrogen-bond acceptors (Lipinski definition) is 4. The molecule has 0 radical (unpaired) electrons. The van der Waals surface area contributed by atoms with Gasteiger partial charge in [-0.05, 0) is 18.6 Å². The van der Waals surface area contributed by atoms with E-state index in [-0.39, 0.29) is 6.04 Å². The zero-order valence-corrected chi connectivity index (χ0v) is 10.4. The standard InChI is InChI=1S/C12H15ClN2O2/c1-16-8-9(6-7-13)14-12-15-10-4-2-3-5-11(10)17-12/h2-5,9H,6-8H2,1H3,(H,14,15). The number of methoxy groups -OCH3 is 1. The Bertz CT molecular complexity index is 433. The van der Waals surface area contributed by atoms with E-state index in [0.717, 1.165) is 17.5 Å². The highest BCUT2D eigenvalue weighted by Gasteiger charge is 2.11. The van der Waals surface area contributed by atoms with Gasteiger partial charge in [-0.3, -0.25) is 0 Å². The summed E-state index contributed by atoms with van der Waals surface area (Å²) in [4.78, 5) is 4.34. The number of para-hydroxylation sites is 2. The zero-order chi connectivity index (χ0) is 12.1. The van der Waals surface area contributed by atoms with Crippen LogP contribution in [0.4, 0.5) is 6.01 Å². The predicted octanol–water partition coefficient (Wildman–Crippen LogP) is 2.88. The first-order valence-corrected chi connectivity index (χ1v) is 6.04. The maximum atomic E-state index is 5.73. The second-order valence-corrected chi connectivity index (χ2v) is 4.14. The highest BCUT2D eigenvalue weighted by Crippen LogP contribution is 2.19. The maximum absolute atomic E-state index is 5.73. The van der Waals surface area contributed by atoms with Crippen LogP contribution < -0.4 is 5.32 Å². The van der Waals surface area contributed by atoms with Crippen molar-refractivity contribution in [2.24, 2.45) is 0 Å². The van der Waals surface area contributed by atoms with Crippen LogP contribution in [0, 0.1) is 0 Å². The van der Waals surface area contributed by atoms with Crippen LogP contribution in [0.1, 0.15) is 6.42 Å². The monoisotopic (exact) mass is 254 g/mol. The third kappa shape index (κ3) is 3.11. The lowest BCUT2D eigenvalue weighted by Gasteiger charge is -2.14. The highest BCUT2D eigenvalue weighted by atomic mass is 35.5. The van der Waals surface area contributed by atoms with Crippen LogP contribution in [-0.2, 0) is 4.74 Å². The molecule has 1 N–H and O–H groups in total. The van der Waals surface area contributed by atoms with Crippen LogP contribution >= 0.6 is 11.6 Å². The van der Waals surface area contributed by atoms with E-state index in [1.165, 1.54) is 0 Å². The van der Waals surface area contributed by atoms with E-state index in [0.29, 0.717) is 18.5 Å². The number of halogens is 1. The van der Waals surface area contributed by atoms with Crippen molar-refractivity contribution in [3.05, 3.63) is 24.3 Å². The van der Waals surface area contributed by atoms with E-state index < -0.39 is 0 Å². The molecule has 0 amide bonds. The fourth-order valence-corrected chi connectivity index (χ4v) is 1.90. The number of hydrogen-bond donors (Lipinski definition) is 1. The summed E-state index contributed by atoms with van der Waals surface area (Å²) in [5.41, 5.74) is 1.62. The molecule has 0 spiro atoms. The van der Waals surface area contributed by atoms with Gasteiger partial charge in [0.25, 0.3) is 6.01 Å². The molecular weight excluding hydrogens is 240 g/mol. The maximum Gasteiger partial charge on any atom is 0.295 e. The highest BCUT2D eigenvalue weighted by molar-refractivity contribution is 6.17. The molecule has 2 aromatic rings. The van der Waals surface area contributed by atoms with Crippen molar-refractivity contribution in [3.8, 4) is 0 Å². The van der Waals surface area contributed by atoms with Gasteiger partial charge in [0.15, 0.2) is 5.58 Å². The molecular formula is C12H15ClN2O2. The van der Waals surface area contributed by atoms with Gasteiger partial charge in [0, 0.05) is 13.0 Å². The Morgan fingerprint density at radius 3 is 3.00 bits per heavy atom. The Balaban J connectivity index is 2.10. The molecule has 1 aromatic carbocycles. The van der Waals surface area contributed by atoms with Gasteiger partial charge in [0.2, 0.25) is 0 Å². The first-order valence-electron chi connectivity index (χ1n) is 5.50. The topological polar surface area (TPSA) is 47.3 Å². The minimum Gasteiger partial charge on any atom is -0.424 e. The number of anilines is 1. The average molecular weight is 255 g/mol. The summed E-state index contributed by atoms with van der Waals surface area (Å²) >= 11 is 5.73. The molecule has 1 aromatic heterocycles. The molecule has 0 aliphatic rings. The molecule has 2 rings (SSSR count). The molecule has 1 heterocycles. The second kappa shape index (κ2) is 5.89. The van der Waals surface area contributed by atoms with Gasteiger partial charge in [-0.15, -0.1) is 11.6 Å². The summed E-state index contributed by atoms with van der Waals surface area (Å²) in [6.07, 6.45) is 0.800. The Morgan fingerprint density at radius 1 is 1.47 bits per heavy atom. The number of nitrogens with zero attached hydrogens (tertiary/aromatic N) is 1. The summed E-state index contributed by atoms with van der Waals surface area (Å²) in [5, 5.41) is 3.18. The van der Waals surface area contributed by atoms with E-state index in [9.17, 15) is 0 Å². The van der Waals surface area contributed by atoms with E-state index >= 15 is 0 Å². The summed E-state index contributed by atoms with van der Waals surface area (Å²) in [7, 11) is 1.66. The third-order valence-electron chi connectivity index (χ3n) is 2.45. The van der Waals surface area contributed by atoms with Gasteiger partial charge >= 0.3 is 0 Å². The molecule has 0 saturated heterocycles. The van der Waals surface area contributed by atoms with Gasteiger partial charge in [0.05, 0.1) is 12.6 Å². The lowest BCUT2D eigenvalue weighted by Crippen LogP contribution is -2.25. The molecule has 0 aliphatic carbocycles. The first kappa shape index (κ1) is 12.2. The second-order valence-electron chi connectivity index (χ2n) is 3.76. The predicted molar refractivity (Wildman–Crippen MR) is 68.6 cm³/mol. The van der Waals surface area contributed by atoms with Gasteiger partial charge in [0.1, 0.15) is 5.52 Å². The number of fused-ring (bicyclic) bond motifs is 1. The molecule has 0 saturated carbocycles. The molecule has 1 atom stereocenters. The van der Waals surface area contributed by atoms with E-state index in [2.05, 4.69) is 10.3 Å². The van der Waals surface area contributed by atoms with Crippen LogP contribution in [0.5, 0.6) is 0 Å². The summed E-state index contributed by atoms with van der Waals surface area (Å²) < 4.78 is 10.7. The molecule has 92 valence electrons. The Hall–Kier alpha value is -1.26. The van der Waals surface area contributed by atoms with Gasteiger partial charge in [-0.25, -0.2) is 0 Å². The van der Waals surface area contributed by atoms with Crippen molar-refractivity contribution in [1.29, 1.82) is 0 Å². The number of nitrogens with one attached hydrogen (secondary N) is 1. The van der Waals surface area contributed by atoms with Gasteiger partial charge in [-0.1, -0.05) is 12.1 Å². The number of rotatable bonds is 6. The van der Waals surface area contributed by atoms with Crippen molar-refractivity contribution in [1.82, 2.24) is 4.98 Å². The Morgan fingerprint density at radius 2 is 2.29 bits per heavy atom. The molecule has 4 nitrogen and oxygen atoms in total. The molecule has 0 bridgehead atoms. The third-order valence-corrected chi connectivity index (χ3v) is 2.67. The normalized spacial score (nSPS) is 12.8. The van der Waals surface area contributed by atoms with Crippen LogP contribution in [0.3, 0.4) is 0 Å². The smallest absolute Gasteiger partial charge is 0.295 e. The fourth-order valence-electron chi connectivity index (χ4n) is 1.64. The fraction of sp³-hybridized carbons (Fsp3) is 0.417. The van der Waals surface area contributed by atoms with Crippen LogP contribution in [0.2, 0.25) is 0 Å². The molecule has 0 aliphatic heterocycles. The molecule has 17 heavy (non-hydrogen) atoms. The first-order chi connectivity index (χ1) is 8.33. The molecule has 1 unspecified atom stereocenters. The van der Waals surface area contributed by atoms with Crippen molar-refractivity contribution < 1.29 is 9.15 Å². The zero-order valence-electron chi connectivity index (χ0n) is 9.65. The average Bonchev–Trinajstić information content (AvgIpc) is 2.71. The summed E-state index contributed by atoms with van der Waals surface area (Å²) in [5.74, 6) is 0.571. The minimum absolute atomic E-state index is 0.116. The number of aromatic nitrogens is 1. The van der Waals surface area contributed by atoms with E-state index in [1.54, 1.807) is 7.11 Å². The van der Waals surface area contributed by atoms with E-state index in [1.807, 2.05) is 24.3 Å². The number of oxazole rings is 1. The van der Waals surface area contributed by atoms with Crippen LogP contribution in [0.15, 0.2) is 28.7 Å². The summed E-state index contributed by atoms with van der Waals surface area (Å²) in [6.45, 7) is 0.575. The summed E-state index contributed by atoms with van der Waals surface area (Å²) in [6, 6.07) is 8.28. The molecule has 0 fully saturated rings. The lowest BCUT2D eigenvalue weighted by atomic mass is 10.2. The Kier molecular flexibility index (Phi) is 4.23. The van der Waals surface area contributed by atoms with Crippen molar-refractivity contribution in [3.63, 3.8) is 0 Å². The molecule has 5 heteroatoms. The largest absolute Gasteiger partial charge is 0.424 e. The van der Waals surface area contributed by atoms with Crippen LogP contribution in [-0.4, -0.2) is 30.6 Å². The van der Waals surface area contributed by atoms with Gasteiger partial charge < -0.3 is 14.5 Å². The van der Waals surface area contributed by atoms with Gasteiger partial charge in [-0.2, -0.15) is 4.98 Å². The lowest BCUT2D eigenvalue weighted by molar-refractivity contribution is 0.184. The minimum atomic E-state index is 0.116. The van der Waals surface area contributed by atoms with E-state index in [4.69, 9.17) is 20.8 Å². The van der Waals surface area contributed by atoms with Crippen molar-refractivity contribution in [2.45, 2.75) is 12.5 Å². The number of ether oxygens (including phenoxy) is 1.